The van der Waals surface area contributed by atoms with Crippen LogP contribution in [-0.2, 0) is 11.3 Å². The van der Waals surface area contributed by atoms with Crippen molar-refractivity contribution in [2.45, 2.75) is 26.3 Å². The topological polar surface area (TPSA) is 94.4 Å². The van der Waals surface area contributed by atoms with Crippen LogP contribution in [0.5, 0.6) is 0 Å². The second-order valence-electron chi connectivity index (χ2n) is 5.75. The Labute approximate surface area is 154 Å². The lowest BCUT2D eigenvalue weighted by Gasteiger charge is -2.06. The van der Waals surface area contributed by atoms with Crippen LogP contribution >= 0.6 is 11.8 Å². The van der Waals surface area contributed by atoms with E-state index in [4.69, 9.17) is 4.42 Å². The van der Waals surface area contributed by atoms with E-state index in [0.717, 1.165) is 29.0 Å². The maximum absolute atomic E-state index is 12.5. The van der Waals surface area contributed by atoms with Crippen LogP contribution in [0.3, 0.4) is 0 Å². The first-order valence-electron chi connectivity index (χ1n) is 8.53. The fourth-order valence-corrected chi connectivity index (χ4v) is 3.28. The van der Waals surface area contributed by atoms with Gasteiger partial charge >= 0.3 is 0 Å². The van der Waals surface area contributed by atoms with Crippen molar-refractivity contribution in [3.05, 3.63) is 41.1 Å². The smallest absolute Gasteiger partial charge is 0.293 e. The molecule has 0 atom stereocenters. The van der Waals surface area contributed by atoms with Crippen molar-refractivity contribution in [1.29, 1.82) is 0 Å². The zero-order valence-corrected chi connectivity index (χ0v) is 15.4. The normalized spacial score (nSPS) is 11.1. The highest BCUT2D eigenvalue weighted by Gasteiger charge is 2.13. The number of thioether (sulfide) groups is 1. The third-order valence-electron chi connectivity index (χ3n) is 3.69. The summed E-state index contributed by atoms with van der Waals surface area (Å²) in [6.07, 6.45) is 5.02. The predicted molar refractivity (Wildman–Crippen MR) is 100 cm³/mol. The van der Waals surface area contributed by atoms with Gasteiger partial charge in [-0.05, 0) is 36.5 Å². The summed E-state index contributed by atoms with van der Waals surface area (Å²) in [6, 6.07) is 5.14. The number of nitrogens with one attached hydrogen (secondary N) is 1. The number of aromatic nitrogens is 4. The maximum Gasteiger partial charge on any atom is 0.293 e. The number of rotatable bonds is 9. The summed E-state index contributed by atoms with van der Waals surface area (Å²) < 4.78 is 7.82. The molecule has 9 heteroatoms. The highest BCUT2D eigenvalue weighted by Crippen LogP contribution is 2.18. The second kappa shape index (κ2) is 8.70. The van der Waals surface area contributed by atoms with Crippen molar-refractivity contribution >= 4 is 23.2 Å². The Bertz CT molecular complexity index is 916. The molecular weight excluding hydrogens is 354 g/mol. The van der Waals surface area contributed by atoms with E-state index in [0.29, 0.717) is 23.5 Å². The molecule has 0 fully saturated rings. The molecule has 0 bridgehead atoms. The monoisotopic (exact) mass is 375 g/mol. The first-order valence-corrected chi connectivity index (χ1v) is 9.68. The van der Waals surface area contributed by atoms with Crippen molar-refractivity contribution in [3.8, 4) is 11.5 Å². The minimum atomic E-state index is -0.369. The van der Waals surface area contributed by atoms with Crippen LogP contribution in [0.4, 0.5) is 0 Å². The average molecular weight is 375 g/mol. The lowest BCUT2D eigenvalue weighted by molar-refractivity contribution is -0.121. The molecule has 0 spiro atoms. The largest absolute Gasteiger partial charge is 0.463 e. The van der Waals surface area contributed by atoms with Gasteiger partial charge in [0.15, 0.2) is 5.76 Å². The molecule has 3 rings (SSSR count). The van der Waals surface area contributed by atoms with Gasteiger partial charge < -0.3 is 9.73 Å². The molecule has 0 aromatic carbocycles. The molecule has 0 aliphatic rings. The van der Waals surface area contributed by atoms with Gasteiger partial charge in [0.25, 0.3) is 5.56 Å². The summed E-state index contributed by atoms with van der Waals surface area (Å²) in [4.78, 5) is 24.5. The van der Waals surface area contributed by atoms with Gasteiger partial charge in [0.2, 0.25) is 5.91 Å². The number of furan rings is 1. The van der Waals surface area contributed by atoms with E-state index in [1.807, 2.05) is 11.8 Å². The first-order chi connectivity index (χ1) is 12.7. The number of carbonyl (C=O) groups is 1. The highest BCUT2D eigenvalue weighted by molar-refractivity contribution is 7.99. The van der Waals surface area contributed by atoms with Gasteiger partial charge in [0, 0.05) is 12.6 Å². The van der Waals surface area contributed by atoms with Crippen LogP contribution in [0, 0.1) is 0 Å². The Morgan fingerprint density at radius 2 is 2.27 bits per heavy atom. The summed E-state index contributed by atoms with van der Waals surface area (Å²) in [7, 11) is 0. The molecule has 3 aromatic heterocycles. The molecule has 0 radical (unpaired) electrons. The second-order valence-corrected chi connectivity index (χ2v) is 6.97. The summed E-state index contributed by atoms with van der Waals surface area (Å²) in [5, 5.41) is 11.1. The van der Waals surface area contributed by atoms with E-state index in [1.54, 1.807) is 24.5 Å². The van der Waals surface area contributed by atoms with Crippen molar-refractivity contribution in [3.63, 3.8) is 0 Å². The molecule has 0 saturated heterocycles. The minimum absolute atomic E-state index is 0.112. The Kier molecular flexibility index (Phi) is 6.11. The summed E-state index contributed by atoms with van der Waals surface area (Å²) in [6.45, 7) is 2.63. The first kappa shape index (κ1) is 18.2. The van der Waals surface area contributed by atoms with E-state index >= 15 is 0 Å². The summed E-state index contributed by atoms with van der Waals surface area (Å²) in [5.74, 6) is 2.50. The van der Waals surface area contributed by atoms with Gasteiger partial charge in [-0.15, -0.1) is 0 Å². The predicted octanol–water partition coefficient (Wildman–Crippen LogP) is 1.80. The number of carbonyl (C=O) groups excluding carboxylic acids is 1. The standard InChI is InChI=1S/C17H21N5O3S/c1-2-8-26-9-4-6-18-16(23)11-21-17(24)14-10-13(15-5-3-7-25-15)20-22(14)12-19-21/h3,5,7,10,12H,2,4,6,8-9,11H2,1H3,(H,18,23). The average Bonchev–Trinajstić information content (AvgIpc) is 3.30. The number of nitrogens with zero attached hydrogens (tertiary/aromatic N) is 4. The quantitative estimate of drug-likeness (QED) is 0.573. The fraction of sp³-hybridized carbons (Fsp3) is 0.412. The van der Waals surface area contributed by atoms with Crippen LogP contribution in [0.2, 0.25) is 0 Å². The highest BCUT2D eigenvalue weighted by atomic mass is 32.2. The van der Waals surface area contributed by atoms with Crippen molar-refractivity contribution in [2.24, 2.45) is 0 Å². The van der Waals surface area contributed by atoms with Gasteiger partial charge in [0.05, 0.1) is 6.26 Å². The molecule has 0 saturated carbocycles. The fourth-order valence-electron chi connectivity index (χ4n) is 2.44. The summed E-state index contributed by atoms with van der Waals surface area (Å²) in [5.41, 5.74) is 0.516. The van der Waals surface area contributed by atoms with E-state index in [2.05, 4.69) is 22.4 Å². The van der Waals surface area contributed by atoms with E-state index in [9.17, 15) is 9.59 Å². The third kappa shape index (κ3) is 4.34. The molecule has 3 aromatic rings. The molecule has 3 heterocycles. The van der Waals surface area contributed by atoms with Crippen LogP contribution in [-0.4, -0.2) is 43.4 Å². The lowest BCUT2D eigenvalue weighted by Crippen LogP contribution is -2.34. The third-order valence-corrected chi connectivity index (χ3v) is 4.97. The Morgan fingerprint density at radius 1 is 1.38 bits per heavy atom. The Hall–Kier alpha value is -2.55. The van der Waals surface area contributed by atoms with Crippen molar-refractivity contribution in [1.82, 2.24) is 24.7 Å². The molecular formula is C17H21N5O3S. The van der Waals surface area contributed by atoms with Crippen molar-refractivity contribution < 1.29 is 9.21 Å². The molecule has 1 N–H and O–H groups in total. The SMILES string of the molecule is CCCSCCCNC(=O)Cn1ncn2nc(-c3ccco3)cc2c1=O. The van der Waals surface area contributed by atoms with Gasteiger partial charge in [-0.25, -0.2) is 9.20 Å². The van der Waals surface area contributed by atoms with Crippen LogP contribution in [0.25, 0.3) is 17.0 Å². The van der Waals surface area contributed by atoms with Crippen molar-refractivity contribution in [2.75, 3.05) is 18.1 Å². The summed E-state index contributed by atoms with van der Waals surface area (Å²) >= 11 is 1.88. The van der Waals surface area contributed by atoms with E-state index in [-0.39, 0.29) is 18.0 Å². The minimum Gasteiger partial charge on any atom is -0.463 e. The zero-order valence-electron chi connectivity index (χ0n) is 14.6. The number of hydrogen-bond acceptors (Lipinski definition) is 6. The molecule has 0 aliphatic heterocycles. The van der Waals surface area contributed by atoms with Crippen LogP contribution in [0.15, 0.2) is 40.0 Å². The van der Waals surface area contributed by atoms with Gasteiger partial charge in [0.1, 0.15) is 24.1 Å². The Balaban J connectivity index is 1.62. The molecule has 8 nitrogen and oxygen atoms in total. The van der Waals surface area contributed by atoms with E-state index < -0.39 is 0 Å². The number of fused-ring (bicyclic) bond motifs is 1. The molecule has 1 amide bonds. The molecule has 138 valence electrons. The maximum atomic E-state index is 12.5. The molecule has 26 heavy (non-hydrogen) atoms. The number of amides is 1. The molecule has 0 unspecified atom stereocenters. The van der Waals surface area contributed by atoms with Gasteiger partial charge in [-0.3, -0.25) is 9.59 Å². The van der Waals surface area contributed by atoms with Crippen LogP contribution < -0.4 is 10.9 Å². The van der Waals surface area contributed by atoms with Gasteiger partial charge in [-0.1, -0.05) is 6.92 Å². The molecule has 0 aliphatic carbocycles. The van der Waals surface area contributed by atoms with E-state index in [1.165, 1.54) is 10.8 Å². The lowest BCUT2D eigenvalue weighted by atomic mass is 10.3. The Morgan fingerprint density at radius 3 is 3.04 bits per heavy atom. The van der Waals surface area contributed by atoms with Gasteiger partial charge in [-0.2, -0.15) is 22.0 Å². The zero-order chi connectivity index (χ0) is 18.4. The van der Waals surface area contributed by atoms with Crippen LogP contribution in [0.1, 0.15) is 19.8 Å². The number of hydrogen-bond donors (Lipinski definition) is 1.